The van der Waals surface area contributed by atoms with Crippen LogP contribution >= 0.6 is 23.4 Å². The molecule has 1 aromatic heterocycles. The minimum absolute atomic E-state index is 0.181. The van der Waals surface area contributed by atoms with Crippen molar-refractivity contribution in [2.75, 3.05) is 5.75 Å². The first-order valence-electron chi connectivity index (χ1n) is 10.7. The van der Waals surface area contributed by atoms with Crippen molar-refractivity contribution in [3.05, 3.63) is 88.8 Å². The fraction of sp³-hybridized carbons (Fsp3) is 0.231. The lowest BCUT2D eigenvalue weighted by atomic mass is 9.94. The molecule has 31 heavy (non-hydrogen) atoms. The summed E-state index contributed by atoms with van der Waals surface area (Å²) in [5.74, 6) is 0.895. The normalized spacial score (nSPS) is 15.9. The van der Waals surface area contributed by atoms with Crippen molar-refractivity contribution in [3.8, 4) is 11.1 Å². The zero-order valence-corrected chi connectivity index (χ0v) is 18.7. The van der Waals surface area contributed by atoms with E-state index in [0.717, 1.165) is 53.1 Å². The molecule has 0 spiro atoms. The molecule has 1 atom stereocenters. The summed E-state index contributed by atoms with van der Waals surface area (Å²) in [6.07, 6.45) is 3.14. The Labute approximate surface area is 191 Å². The van der Waals surface area contributed by atoms with Gasteiger partial charge in [0.25, 0.3) is 0 Å². The number of rotatable bonds is 6. The highest BCUT2D eigenvalue weighted by molar-refractivity contribution is 7.99. The number of thioether (sulfide) groups is 1. The van der Waals surface area contributed by atoms with Gasteiger partial charge in [0, 0.05) is 40.0 Å². The van der Waals surface area contributed by atoms with Gasteiger partial charge in [0.2, 0.25) is 0 Å². The number of benzene rings is 3. The van der Waals surface area contributed by atoms with E-state index in [-0.39, 0.29) is 5.82 Å². The second-order valence-corrected chi connectivity index (χ2v) is 9.62. The number of nitrogens with one attached hydrogen (secondary N) is 2. The summed E-state index contributed by atoms with van der Waals surface area (Å²) in [5, 5.41) is 5.48. The molecule has 158 valence electrons. The van der Waals surface area contributed by atoms with Crippen molar-refractivity contribution in [3.63, 3.8) is 0 Å². The van der Waals surface area contributed by atoms with Crippen LogP contribution in [0.3, 0.4) is 0 Å². The third-order valence-corrected chi connectivity index (χ3v) is 7.33. The van der Waals surface area contributed by atoms with Gasteiger partial charge in [0.05, 0.1) is 5.52 Å². The van der Waals surface area contributed by atoms with Crippen LogP contribution < -0.4 is 5.32 Å². The Morgan fingerprint density at radius 2 is 1.81 bits per heavy atom. The first-order chi connectivity index (χ1) is 15.2. The van der Waals surface area contributed by atoms with Gasteiger partial charge in [-0.15, -0.1) is 11.8 Å². The lowest BCUT2D eigenvalue weighted by Crippen LogP contribution is -2.35. The van der Waals surface area contributed by atoms with E-state index in [1.54, 1.807) is 6.07 Å². The summed E-state index contributed by atoms with van der Waals surface area (Å²) in [6.45, 7) is 0.771. The molecule has 1 aliphatic rings. The molecule has 0 amide bonds. The van der Waals surface area contributed by atoms with Gasteiger partial charge in [0.1, 0.15) is 5.82 Å². The van der Waals surface area contributed by atoms with Crippen molar-refractivity contribution in [2.45, 2.75) is 36.7 Å². The minimum atomic E-state index is -0.181. The predicted octanol–water partition coefficient (Wildman–Crippen LogP) is 7.21. The standard InChI is InChI=1S/C26H24ClFN2S/c27-18-8-10-20(11-9-18)31-14-4-7-19-15-24-22(16-29-19)25-21(17-5-2-1-3-6-17)12-13-23(28)26(25)30-24/h1-3,5-6,8-13,19,29-30H,4,7,14-16H2. The van der Waals surface area contributed by atoms with E-state index in [2.05, 4.69) is 34.6 Å². The lowest BCUT2D eigenvalue weighted by Gasteiger charge is -2.24. The Morgan fingerprint density at radius 3 is 2.61 bits per heavy atom. The molecule has 0 bridgehead atoms. The van der Waals surface area contributed by atoms with Crippen LogP contribution in [0.1, 0.15) is 24.1 Å². The minimum Gasteiger partial charge on any atom is -0.356 e. The SMILES string of the molecule is Fc1ccc(-c2ccccc2)c2c3c([nH]c12)CC(CCCSc1ccc(Cl)cc1)NC3. The molecular weight excluding hydrogens is 427 g/mol. The van der Waals surface area contributed by atoms with E-state index < -0.39 is 0 Å². The third-order valence-electron chi connectivity index (χ3n) is 5.98. The van der Waals surface area contributed by atoms with Crippen LogP contribution in [0.5, 0.6) is 0 Å². The maximum absolute atomic E-state index is 14.6. The van der Waals surface area contributed by atoms with Crippen molar-refractivity contribution in [1.29, 1.82) is 0 Å². The Hall–Kier alpha value is -2.27. The first kappa shape index (κ1) is 20.6. The van der Waals surface area contributed by atoms with Crippen LogP contribution in [0.15, 0.2) is 71.6 Å². The van der Waals surface area contributed by atoms with E-state index in [0.29, 0.717) is 11.6 Å². The van der Waals surface area contributed by atoms with Crippen molar-refractivity contribution >= 4 is 34.3 Å². The molecule has 0 radical (unpaired) electrons. The molecular formula is C26H24ClFN2S. The average molecular weight is 451 g/mol. The van der Waals surface area contributed by atoms with Gasteiger partial charge in [-0.3, -0.25) is 0 Å². The van der Waals surface area contributed by atoms with Gasteiger partial charge in [-0.2, -0.15) is 0 Å². The molecule has 0 saturated heterocycles. The number of halogens is 2. The van der Waals surface area contributed by atoms with Crippen LogP contribution in [0.2, 0.25) is 5.02 Å². The van der Waals surface area contributed by atoms with Gasteiger partial charge < -0.3 is 10.3 Å². The maximum atomic E-state index is 14.6. The highest BCUT2D eigenvalue weighted by Crippen LogP contribution is 2.36. The van der Waals surface area contributed by atoms with Gasteiger partial charge in [-0.25, -0.2) is 4.39 Å². The first-order valence-corrected chi connectivity index (χ1v) is 12.0. The lowest BCUT2D eigenvalue weighted by molar-refractivity contribution is 0.447. The van der Waals surface area contributed by atoms with Crippen molar-refractivity contribution < 1.29 is 4.39 Å². The van der Waals surface area contributed by atoms with Gasteiger partial charge in [0.15, 0.2) is 0 Å². The summed E-state index contributed by atoms with van der Waals surface area (Å²) in [6, 6.07) is 22.1. The summed E-state index contributed by atoms with van der Waals surface area (Å²) in [7, 11) is 0. The van der Waals surface area contributed by atoms with Gasteiger partial charge in [-0.05, 0) is 65.6 Å². The Bertz CT molecular complexity index is 1190. The largest absolute Gasteiger partial charge is 0.356 e. The van der Waals surface area contributed by atoms with Gasteiger partial charge in [-0.1, -0.05) is 48.0 Å². The van der Waals surface area contributed by atoms with Crippen LogP contribution in [0, 0.1) is 5.82 Å². The molecule has 1 aliphatic heterocycles. The summed E-state index contributed by atoms with van der Waals surface area (Å²) in [4.78, 5) is 4.67. The molecule has 2 N–H and O–H groups in total. The summed E-state index contributed by atoms with van der Waals surface area (Å²) < 4.78 is 14.6. The topological polar surface area (TPSA) is 27.8 Å². The predicted molar refractivity (Wildman–Crippen MR) is 129 cm³/mol. The highest BCUT2D eigenvalue weighted by atomic mass is 35.5. The average Bonchev–Trinajstić information content (AvgIpc) is 3.19. The second kappa shape index (κ2) is 9.07. The summed E-state index contributed by atoms with van der Waals surface area (Å²) >= 11 is 7.82. The zero-order chi connectivity index (χ0) is 21.2. The fourth-order valence-corrected chi connectivity index (χ4v) is 5.44. The molecule has 0 saturated carbocycles. The van der Waals surface area contributed by atoms with E-state index >= 15 is 0 Å². The van der Waals surface area contributed by atoms with Crippen LogP contribution in [0.4, 0.5) is 4.39 Å². The summed E-state index contributed by atoms with van der Waals surface area (Å²) in [5.41, 5.74) is 5.23. The molecule has 2 nitrogen and oxygen atoms in total. The van der Waals surface area contributed by atoms with Gasteiger partial charge >= 0.3 is 0 Å². The zero-order valence-electron chi connectivity index (χ0n) is 17.1. The second-order valence-electron chi connectivity index (χ2n) is 8.02. The molecule has 5 rings (SSSR count). The van der Waals surface area contributed by atoms with E-state index in [9.17, 15) is 4.39 Å². The quantitative estimate of drug-likeness (QED) is 0.240. The Kier molecular flexibility index (Phi) is 6.04. The highest BCUT2D eigenvalue weighted by Gasteiger charge is 2.24. The number of H-pyrrole nitrogens is 1. The van der Waals surface area contributed by atoms with Crippen LogP contribution in [-0.4, -0.2) is 16.8 Å². The van der Waals surface area contributed by atoms with Crippen molar-refractivity contribution in [1.82, 2.24) is 10.3 Å². The van der Waals surface area contributed by atoms with Crippen LogP contribution in [-0.2, 0) is 13.0 Å². The number of aromatic nitrogens is 1. The number of aromatic amines is 1. The molecule has 3 aromatic carbocycles. The Balaban J connectivity index is 1.29. The molecule has 1 unspecified atom stereocenters. The fourth-order valence-electron chi connectivity index (χ4n) is 4.44. The molecule has 4 aromatic rings. The van der Waals surface area contributed by atoms with Crippen LogP contribution in [0.25, 0.3) is 22.0 Å². The maximum Gasteiger partial charge on any atom is 0.147 e. The number of fused-ring (bicyclic) bond motifs is 3. The molecule has 5 heteroatoms. The van der Waals surface area contributed by atoms with Crippen molar-refractivity contribution in [2.24, 2.45) is 0 Å². The molecule has 0 aliphatic carbocycles. The monoisotopic (exact) mass is 450 g/mol. The van der Waals surface area contributed by atoms with E-state index in [4.69, 9.17) is 11.6 Å². The smallest absolute Gasteiger partial charge is 0.147 e. The molecule has 2 heterocycles. The Morgan fingerprint density at radius 1 is 1.00 bits per heavy atom. The number of hydrogen-bond acceptors (Lipinski definition) is 2. The third kappa shape index (κ3) is 4.38. The van der Waals surface area contributed by atoms with E-state index in [1.165, 1.54) is 16.2 Å². The van der Waals surface area contributed by atoms with E-state index in [1.807, 2.05) is 48.2 Å². The molecule has 0 fully saturated rings. The number of hydrogen-bond donors (Lipinski definition) is 2.